The number of carbonyl (C=O) groups excluding carboxylic acids is 1. The number of fused-ring (bicyclic) bond motifs is 1. The Balaban J connectivity index is 1.83. The highest BCUT2D eigenvalue weighted by Crippen LogP contribution is 2.23. The Hall–Kier alpha value is -1.15. The first kappa shape index (κ1) is 14.3. The van der Waals surface area contributed by atoms with E-state index in [4.69, 9.17) is 4.74 Å². The van der Waals surface area contributed by atoms with Crippen LogP contribution in [0.3, 0.4) is 0 Å². The van der Waals surface area contributed by atoms with E-state index in [1.807, 2.05) is 6.07 Å². The summed E-state index contributed by atoms with van der Waals surface area (Å²) in [5.41, 5.74) is 3.82. The first-order valence-corrected chi connectivity index (χ1v) is 7.18. The number of aryl methyl sites for hydroxylation is 2. The van der Waals surface area contributed by atoms with Crippen LogP contribution in [0.2, 0.25) is 0 Å². The van der Waals surface area contributed by atoms with Crippen LogP contribution in [0.15, 0.2) is 18.2 Å². The van der Waals surface area contributed by atoms with Crippen molar-refractivity contribution in [2.45, 2.75) is 46.5 Å². The molecule has 0 N–H and O–H groups in total. The number of Topliss-reactive ketones (excluding diaryl/α,β-unsaturated/α-hetero) is 1. The summed E-state index contributed by atoms with van der Waals surface area (Å²) in [5.74, 6) is 0.101. The molecule has 0 atom stereocenters. The summed E-state index contributed by atoms with van der Waals surface area (Å²) in [6.07, 6.45) is 4.47. The minimum Gasteiger partial charge on any atom is -0.373 e. The van der Waals surface area contributed by atoms with Gasteiger partial charge in [0.2, 0.25) is 0 Å². The van der Waals surface area contributed by atoms with Crippen LogP contribution in [0.25, 0.3) is 0 Å². The molecule has 0 saturated carbocycles. The van der Waals surface area contributed by atoms with Gasteiger partial charge >= 0.3 is 0 Å². The largest absolute Gasteiger partial charge is 0.373 e. The van der Waals surface area contributed by atoms with E-state index >= 15 is 0 Å². The molecule has 1 aromatic rings. The second-order valence-corrected chi connectivity index (χ2v) is 6.62. The zero-order valence-corrected chi connectivity index (χ0v) is 12.3. The molecule has 0 spiro atoms. The van der Waals surface area contributed by atoms with Crippen LogP contribution >= 0.6 is 0 Å². The fourth-order valence-corrected chi connectivity index (χ4v) is 2.37. The molecular weight excluding hydrogens is 236 g/mol. The fourth-order valence-electron chi connectivity index (χ4n) is 2.37. The summed E-state index contributed by atoms with van der Waals surface area (Å²) >= 11 is 0. The van der Waals surface area contributed by atoms with E-state index in [2.05, 4.69) is 32.9 Å². The average molecular weight is 260 g/mol. The smallest absolute Gasteiger partial charge is 0.188 e. The molecule has 19 heavy (non-hydrogen) atoms. The topological polar surface area (TPSA) is 26.3 Å². The number of ether oxygens (including phenoxy) is 1. The molecule has 2 heteroatoms. The standard InChI is InChI=1S/C17H24O2/c1-17(2,3)9-10-19-12-16(18)15-8-7-13-5-4-6-14(13)11-15/h7-8,11H,4-6,9-10,12H2,1-3H3. The van der Waals surface area contributed by atoms with E-state index < -0.39 is 0 Å². The monoisotopic (exact) mass is 260 g/mol. The van der Waals surface area contributed by atoms with Gasteiger partial charge in [0, 0.05) is 12.2 Å². The summed E-state index contributed by atoms with van der Waals surface area (Å²) in [6, 6.07) is 6.10. The van der Waals surface area contributed by atoms with Crippen LogP contribution in [0.5, 0.6) is 0 Å². The SMILES string of the molecule is CC(C)(C)CCOCC(=O)c1ccc2c(c1)CCC2. The maximum atomic E-state index is 12.0. The lowest BCUT2D eigenvalue weighted by Gasteiger charge is -2.17. The first-order valence-electron chi connectivity index (χ1n) is 7.18. The predicted octanol–water partition coefficient (Wildman–Crippen LogP) is 3.81. The van der Waals surface area contributed by atoms with Crippen molar-refractivity contribution in [3.8, 4) is 0 Å². The molecule has 0 aromatic heterocycles. The number of hydrogen-bond donors (Lipinski definition) is 0. The van der Waals surface area contributed by atoms with Gasteiger partial charge in [-0.2, -0.15) is 0 Å². The van der Waals surface area contributed by atoms with Gasteiger partial charge in [-0.3, -0.25) is 4.79 Å². The minimum atomic E-state index is 0.101. The molecule has 0 heterocycles. The van der Waals surface area contributed by atoms with E-state index in [9.17, 15) is 4.79 Å². The summed E-state index contributed by atoms with van der Waals surface area (Å²) in [6.45, 7) is 7.39. The van der Waals surface area contributed by atoms with Crippen molar-refractivity contribution < 1.29 is 9.53 Å². The highest BCUT2D eigenvalue weighted by Gasteiger charge is 2.14. The number of rotatable bonds is 5. The number of benzene rings is 1. The summed E-state index contributed by atoms with van der Waals surface area (Å²) < 4.78 is 5.50. The van der Waals surface area contributed by atoms with Gasteiger partial charge in [0.25, 0.3) is 0 Å². The van der Waals surface area contributed by atoms with Gasteiger partial charge in [0.15, 0.2) is 5.78 Å². The lowest BCUT2D eigenvalue weighted by atomic mass is 9.93. The van der Waals surface area contributed by atoms with E-state index in [1.165, 1.54) is 17.5 Å². The van der Waals surface area contributed by atoms with Crippen molar-refractivity contribution in [1.29, 1.82) is 0 Å². The molecule has 1 aliphatic carbocycles. The van der Waals surface area contributed by atoms with Crippen LogP contribution < -0.4 is 0 Å². The molecule has 1 aromatic carbocycles. The Morgan fingerprint density at radius 3 is 2.68 bits per heavy atom. The Morgan fingerprint density at radius 2 is 1.95 bits per heavy atom. The normalized spacial score (nSPS) is 14.5. The van der Waals surface area contributed by atoms with Crippen molar-refractivity contribution in [2.75, 3.05) is 13.2 Å². The highest BCUT2D eigenvalue weighted by molar-refractivity contribution is 5.97. The zero-order chi connectivity index (χ0) is 13.9. The van der Waals surface area contributed by atoms with E-state index in [-0.39, 0.29) is 17.8 Å². The van der Waals surface area contributed by atoms with Gasteiger partial charge in [-0.15, -0.1) is 0 Å². The Kier molecular flexibility index (Phi) is 4.41. The molecule has 1 aliphatic rings. The molecule has 2 rings (SSSR count). The Labute approximate surface area is 116 Å². The van der Waals surface area contributed by atoms with Crippen LogP contribution in [0, 0.1) is 5.41 Å². The maximum Gasteiger partial charge on any atom is 0.188 e. The average Bonchev–Trinajstić information content (AvgIpc) is 2.80. The maximum absolute atomic E-state index is 12.0. The molecule has 0 fully saturated rings. The van der Waals surface area contributed by atoms with Gasteiger partial charge in [-0.25, -0.2) is 0 Å². The van der Waals surface area contributed by atoms with Crippen molar-refractivity contribution in [3.05, 3.63) is 34.9 Å². The Morgan fingerprint density at radius 1 is 1.21 bits per heavy atom. The second kappa shape index (κ2) is 5.87. The van der Waals surface area contributed by atoms with Gasteiger partial charge in [-0.1, -0.05) is 32.9 Å². The molecule has 0 amide bonds. The quantitative estimate of drug-likeness (QED) is 0.594. The number of hydrogen-bond acceptors (Lipinski definition) is 2. The molecule has 2 nitrogen and oxygen atoms in total. The molecule has 0 radical (unpaired) electrons. The molecular formula is C17H24O2. The lowest BCUT2D eigenvalue weighted by molar-refractivity contribution is 0.0705. The summed E-state index contributed by atoms with van der Waals surface area (Å²) in [4.78, 5) is 12.0. The minimum absolute atomic E-state index is 0.101. The van der Waals surface area contributed by atoms with Crippen LogP contribution in [0.4, 0.5) is 0 Å². The van der Waals surface area contributed by atoms with E-state index in [0.717, 1.165) is 24.8 Å². The fraction of sp³-hybridized carbons (Fsp3) is 0.588. The van der Waals surface area contributed by atoms with Gasteiger partial charge in [0.05, 0.1) is 0 Å². The molecule has 0 aliphatic heterocycles. The van der Waals surface area contributed by atoms with Gasteiger partial charge in [-0.05, 0) is 48.3 Å². The molecule has 104 valence electrons. The van der Waals surface area contributed by atoms with Crippen molar-refractivity contribution in [1.82, 2.24) is 0 Å². The lowest BCUT2D eigenvalue weighted by Crippen LogP contribution is -2.14. The van der Waals surface area contributed by atoms with Crippen molar-refractivity contribution in [2.24, 2.45) is 5.41 Å². The number of ketones is 1. The molecule has 0 unspecified atom stereocenters. The van der Waals surface area contributed by atoms with Crippen LogP contribution in [0.1, 0.15) is 55.1 Å². The summed E-state index contributed by atoms with van der Waals surface area (Å²) in [5, 5.41) is 0. The zero-order valence-electron chi connectivity index (χ0n) is 12.3. The molecule has 0 bridgehead atoms. The van der Waals surface area contributed by atoms with Crippen LogP contribution in [-0.2, 0) is 17.6 Å². The predicted molar refractivity (Wildman–Crippen MR) is 77.7 cm³/mol. The number of carbonyl (C=O) groups is 1. The summed E-state index contributed by atoms with van der Waals surface area (Å²) in [7, 11) is 0. The second-order valence-electron chi connectivity index (χ2n) is 6.62. The van der Waals surface area contributed by atoms with Gasteiger partial charge in [0.1, 0.15) is 6.61 Å². The highest BCUT2D eigenvalue weighted by atomic mass is 16.5. The van der Waals surface area contributed by atoms with Crippen molar-refractivity contribution in [3.63, 3.8) is 0 Å². The molecule has 0 saturated heterocycles. The third kappa shape index (κ3) is 4.17. The first-order chi connectivity index (χ1) is 8.96. The van der Waals surface area contributed by atoms with Crippen LogP contribution in [-0.4, -0.2) is 19.0 Å². The van der Waals surface area contributed by atoms with E-state index in [1.54, 1.807) is 0 Å². The van der Waals surface area contributed by atoms with Crippen molar-refractivity contribution >= 4 is 5.78 Å². The Bertz CT molecular complexity index is 455. The third-order valence-electron chi connectivity index (χ3n) is 3.65. The van der Waals surface area contributed by atoms with Gasteiger partial charge < -0.3 is 4.74 Å². The van der Waals surface area contributed by atoms with E-state index in [0.29, 0.717) is 6.61 Å². The third-order valence-corrected chi connectivity index (χ3v) is 3.65.